The van der Waals surface area contributed by atoms with Gasteiger partial charge in [0.15, 0.2) is 0 Å². The molecule has 4 heteroatoms. The first kappa shape index (κ1) is 17.5. The third-order valence-electron chi connectivity index (χ3n) is 4.63. The Morgan fingerprint density at radius 3 is 2.22 bits per heavy atom. The molecule has 2 rings (SSSR count). The number of methoxy groups -OCH3 is 1. The van der Waals surface area contributed by atoms with Gasteiger partial charge in [0.1, 0.15) is 6.33 Å². The molecule has 0 radical (unpaired) electrons. The third-order valence-corrected chi connectivity index (χ3v) is 4.63. The lowest BCUT2D eigenvalue weighted by Crippen LogP contribution is -2.10. The van der Waals surface area contributed by atoms with Gasteiger partial charge >= 0.3 is 6.09 Å². The van der Waals surface area contributed by atoms with Gasteiger partial charge in [-0.05, 0) is 47.9 Å². The highest BCUT2D eigenvalue weighted by molar-refractivity contribution is 5.87. The maximum atomic E-state index is 11.9. The fourth-order valence-corrected chi connectivity index (χ4v) is 3.36. The summed E-state index contributed by atoms with van der Waals surface area (Å²) in [6.07, 6.45) is 5.78. The largest absolute Gasteiger partial charge is 0.452 e. The minimum absolute atomic E-state index is 0.393. The number of hydrogen-bond donors (Lipinski definition) is 0. The van der Waals surface area contributed by atoms with Crippen molar-refractivity contribution in [2.45, 2.75) is 65.2 Å². The van der Waals surface area contributed by atoms with E-state index < -0.39 is 6.09 Å². The van der Waals surface area contributed by atoms with E-state index in [1.807, 2.05) is 0 Å². The number of rotatable bonds is 6. The van der Waals surface area contributed by atoms with Crippen molar-refractivity contribution in [3.05, 3.63) is 29.6 Å². The molecule has 0 N–H and O–H groups in total. The average Bonchev–Trinajstić information content (AvgIpc) is 2.96. The van der Waals surface area contributed by atoms with Gasteiger partial charge in [0, 0.05) is 0 Å². The van der Waals surface area contributed by atoms with Crippen molar-refractivity contribution >= 4 is 17.1 Å². The van der Waals surface area contributed by atoms with Crippen LogP contribution in [-0.4, -0.2) is 22.8 Å². The zero-order valence-electron chi connectivity index (χ0n) is 14.9. The van der Waals surface area contributed by atoms with Gasteiger partial charge in [-0.3, -0.25) is 0 Å². The Morgan fingerprint density at radius 2 is 1.70 bits per heavy atom. The zero-order chi connectivity index (χ0) is 17.0. The average molecular weight is 316 g/mol. The van der Waals surface area contributed by atoms with Crippen LogP contribution in [0.25, 0.3) is 11.0 Å². The molecule has 126 valence electrons. The first-order valence-electron chi connectivity index (χ1n) is 8.62. The Bertz CT molecular complexity index is 675. The summed E-state index contributed by atoms with van der Waals surface area (Å²) >= 11 is 0. The van der Waals surface area contributed by atoms with Gasteiger partial charge < -0.3 is 4.74 Å². The number of fused-ring (bicyclic) bond motifs is 1. The molecule has 0 bridgehead atoms. The molecule has 2 unspecified atom stereocenters. The first-order chi connectivity index (χ1) is 11.0. The molecule has 1 aromatic carbocycles. The van der Waals surface area contributed by atoms with Crippen LogP contribution in [0.2, 0.25) is 0 Å². The molecule has 0 saturated carbocycles. The van der Waals surface area contributed by atoms with Crippen LogP contribution in [-0.2, 0) is 4.74 Å². The van der Waals surface area contributed by atoms with Crippen molar-refractivity contribution in [1.29, 1.82) is 0 Å². The first-order valence-corrected chi connectivity index (χ1v) is 8.62. The van der Waals surface area contributed by atoms with Crippen LogP contribution >= 0.6 is 0 Å². The van der Waals surface area contributed by atoms with E-state index in [9.17, 15) is 4.79 Å². The SMILES string of the molecule is CCCC(C)c1cc2ncn(C(=O)OC)c2cc1C(C)CCC. The summed E-state index contributed by atoms with van der Waals surface area (Å²) < 4.78 is 6.34. The number of aromatic nitrogens is 2. The number of hydrogen-bond acceptors (Lipinski definition) is 3. The highest BCUT2D eigenvalue weighted by Gasteiger charge is 2.19. The Labute approximate surface area is 138 Å². The fraction of sp³-hybridized carbons (Fsp3) is 0.579. The molecule has 23 heavy (non-hydrogen) atoms. The van der Waals surface area contributed by atoms with Gasteiger partial charge in [-0.25, -0.2) is 14.3 Å². The van der Waals surface area contributed by atoms with Gasteiger partial charge in [-0.2, -0.15) is 0 Å². The molecule has 0 aliphatic rings. The topological polar surface area (TPSA) is 44.1 Å². The molecule has 0 aliphatic heterocycles. The summed E-state index contributed by atoms with van der Waals surface area (Å²) in [6, 6.07) is 4.30. The number of benzene rings is 1. The zero-order valence-corrected chi connectivity index (χ0v) is 14.9. The van der Waals surface area contributed by atoms with E-state index >= 15 is 0 Å². The maximum Gasteiger partial charge on any atom is 0.419 e. The second kappa shape index (κ2) is 7.62. The number of carbonyl (C=O) groups excluding carboxylic acids is 1. The maximum absolute atomic E-state index is 11.9. The highest BCUT2D eigenvalue weighted by Crippen LogP contribution is 2.34. The smallest absolute Gasteiger partial charge is 0.419 e. The summed E-state index contributed by atoms with van der Waals surface area (Å²) in [5.41, 5.74) is 4.41. The van der Waals surface area contributed by atoms with Crippen LogP contribution < -0.4 is 0 Å². The molecular weight excluding hydrogens is 288 g/mol. The monoisotopic (exact) mass is 316 g/mol. The predicted octanol–water partition coefficient (Wildman–Crippen LogP) is 5.46. The number of imidazole rings is 1. The number of nitrogens with zero attached hydrogens (tertiary/aromatic N) is 2. The number of carbonyl (C=O) groups is 1. The summed E-state index contributed by atoms with van der Waals surface area (Å²) in [6.45, 7) is 8.98. The normalized spacial score (nSPS) is 14.0. The van der Waals surface area contributed by atoms with E-state index in [0.717, 1.165) is 36.7 Å². The molecule has 0 fully saturated rings. The molecule has 1 aromatic heterocycles. The second-order valence-corrected chi connectivity index (χ2v) is 6.43. The molecular formula is C19H28N2O2. The Kier molecular flexibility index (Phi) is 5.80. The minimum atomic E-state index is -0.393. The van der Waals surface area contributed by atoms with Gasteiger partial charge in [0.25, 0.3) is 0 Å². The molecule has 4 nitrogen and oxygen atoms in total. The van der Waals surface area contributed by atoms with Crippen LogP contribution in [0.1, 0.15) is 76.3 Å². The van der Waals surface area contributed by atoms with Gasteiger partial charge in [-0.15, -0.1) is 0 Å². The van der Waals surface area contributed by atoms with Crippen LogP contribution in [0, 0.1) is 0 Å². The van der Waals surface area contributed by atoms with Crippen molar-refractivity contribution < 1.29 is 9.53 Å². The van der Waals surface area contributed by atoms with E-state index in [1.54, 1.807) is 6.33 Å². The molecule has 0 spiro atoms. The van der Waals surface area contributed by atoms with Crippen molar-refractivity contribution in [2.24, 2.45) is 0 Å². The predicted molar refractivity (Wildman–Crippen MR) is 94.2 cm³/mol. The molecule has 0 amide bonds. The molecule has 2 aromatic rings. The summed E-state index contributed by atoms with van der Waals surface area (Å²) in [7, 11) is 1.40. The van der Waals surface area contributed by atoms with E-state index in [2.05, 4.69) is 44.8 Å². The molecule has 1 heterocycles. The molecule has 0 aliphatic carbocycles. The van der Waals surface area contributed by atoms with Crippen LogP contribution in [0.5, 0.6) is 0 Å². The van der Waals surface area contributed by atoms with Crippen LogP contribution in [0.15, 0.2) is 18.5 Å². The van der Waals surface area contributed by atoms with Crippen molar-refractivity contribution in [3.63, 3.8) is 0 Å². The summed E-state index contributed by atoms with van der Waals surface area (Å²) in [5, 5.41) is 0. The number of ether oxygens (including phenoxy) is 1. The van der Waals surface area contributed by atoms with E-state index in [0.29, 0.717) is 11.8 Å². The van der Waals surface area contributed by atoms with Crippen LogP contribution in [0.4, 0.5) is 4.79 Å². The minimum Gasteiger partial charge on any atom is -0.452 e. The summed E-state index contributed by atoms with van der Waals surface area (Å²) in [5.74, 6) is 0.974. The van der Waals surface area contributed by atoms with Crippen molar-refractivity contribution in [2.75, 3.05) is 7.11 Å². The van der Waals surface area contributed by atoms with Gasteiger partial charge in [0.2, 0.25) is 0 Å². The van der Waals surface area contributed by atoms with E-state index in [4.69, 9.17) is 4.74 Å². The lowest BCUT2D eigenvalue weighted by molar-refractivity contribution is 0.174. The third kappa shape index (κ3) is 3.57. The quantitative estimate of drug-likeness (QED) is 0.711. The highest BCUT2D eigenvalue weighted by atomic mass is 16.5. The van der Waals surface area contributed by atoms with E-state index in [-0.39, 0.29) is 0 Å². The fourth-order valence-electron chi connectivity index (χ4n) is 3.36. The lowest BCUT2D eigenvalue weighted by Gasteiger charge is -2.21. The molecule has 2 atom stereocenters. The molecule has 0 saturated heterocycles. The van der Waals surface area contributed by atoms with Gasteiger partial charge in [0.05, 0.1) is 18.1 Å². The summed E-state index contributed by atoms with van der Waals surface area (Å²) in [4.78, 5) is 16.3. The van der Waals surface area contributed by atoms with Crippen LogP contribution in [0.3, 0.4) is 0 Å². The van der Waals surface area contributed by atoms with E-state index in [1.165, 1.54) is 22.8 Å². The second-order valence-electron chi connectivity index (χ2n) is 6.43. The Hall–Kier alpha value is -1.84. The lowest BCUT2D eigenvalue weighted by atomic mass is 9.85. The van der Waals surface area contributed by atoms with Crippen molar-refractivity contribution in [1.82, 2.24) is 9.55 Å². The Balaban J connectivity index is 2.59. The van der Waals surface area contributed by atoms with Crippen molar-refractivity contribution in [3.8, 4) is 0 Å². The van der Waals surface area contributed by atoms with Gasteiger partial charge in [-0.1, -0.05) is 40.5 Å². The Morgan fingerprint density at radius 1 is 1.13 bits per heavy atom. The standard InChI is InChI=1S/C19H28N2O2/c1-6-8-13(3)15-10-17-18(11-16(15)14(4)9-7-2)21(12-20-17)19(22)23-5/h10-14H,6-9H2,1-5H3.